The normalized spacial score (nSPS) is 15.8. The number of aryl methyl sites for hydroxylation is 1. The highest BCUT2D eigenvalue weighted by Gasteiger charge is 2.24. The van der Waals surface area contributed by atoms with Crippen LogP contribution in [0.15, 0.2) is 6.07 Å². The zero-order chi connectivity index (χ0) is 14.5. The molecule has 4 nitrogen and oxygen atoms in total. The maximum atomic E-state index is 5.74. The first kappa shape index (κ1) is 15.5. The summed E-state index contributed by atoms with van der Waals surface area (Å²) in [4.78, 5) is 11.6. The predicted molar refractivity (Wildman–Crippen MR) is 85.9 cm³/mol. The van der Waals surface area contributed by atoms with Crippen molar-refractivity contribution in [3.63, 3.8) is 0 Å². The molecule has 2 rings (SSSR count). The predicted octanol–water partition coefficient (Wildman–Crippen LogP) is 3.72. The second-order valence-corrected chi connectivity index (χ2v) is 6.43. The van der Waals surface area contributed by atoms with E-state index in [9.17, 15) is 0 Å². The number of ether oxygens (including phenoxy) is 1. The lowest BCUT2D eigenvalue weighted by atomic mass is 10.2. The third kappa shape index (κ3) is 4.08. The Hall–Kier alpha value is -0.840. The molecule has 0 N–H and O–H groups in total. The van der Waals surface area contributed by atoms with E-state index >= 15 is 0 Å². The highest BCUT2D eigenvalue weighted by molar-refractivity contribution is 9.09. The van der Waals surface area contributed by atoms with Gasteiger partial charge in [0.05, 0.1) is 6.10 Å². The molecule has 0 aromatic carbocycles. The van der Waals surface area contributed by atoms with Crippen LogP contribution in [-0.4, -0.2) is 34.0 Å². The summed E-state index contributed by atoms with van der Waals surface area (Å²) in [5, 5.41) is 0.932. The Morgan fingerprint density at radius 1 is 1.35 bits per heavy atom. The molecule has 0 atom stereocenters. The van der Waals surface area contributed by atoms with Gasteiger partial charge in [0, 0.05) is 29.7 Å². The number of hydrogen-bond donors (Lipinski definition) is 0. The number of rotatable bonds is 6. The topological polar surface area (TPSA) is 38.2 Å². The van der Waals surface area contributed by atoms with Gasteiger partial charge in [0.25, 0.3) is 0 Å². The van der Waals surface area contributed by atoms with Crippen molar-refractivity contribution in [3.8, 4) is 5.88 Å². The van der Waals surface area contributed by atoms with Crippen LogP contribution in [0.1, 0.15) is 45.2 Å². The maximum Gasteiger partial charge on any atom is 0.229 e. The first-order valence-electron chi connectivity index (χ1n) is 7.45. The Balaban J connectivity index is 2.24. The summed E-state index contributed by atoms with van der Waals surface area (Å²) < 4.78 is 5.74. The standard InChI is InChI=1S/C15H24BrN3O/c1-11(2)20-14-10-12(3)17-15(18-14)19(9-8-16)13-6-4-5-7-13/h10-11,13H,4-9H2,1-3H3. The Kier molecular flexibility index (Phi) is 5.64. The number of halogens is 1. The molecule has 0 aliphatic heterocycles. The number of nitrogens with zero attached hydrogens (tertiary/aromatic N) is 3. The van der Waals surface area contributed by atoms with Crippen molar-refractivity contribution in [1.82, 2.24) is 9.97 Å². The number of hydrogen-bond acceptors (Lipinski definition) is 4. The van der Waals surface area contributed by atoms with E-state index in [1.54, 1.807) is 0 Å². The smallest absolute Gasteiger partial charge is 0.229 e. The van der Waals surface area contributed by atoms with Crippen molar-refractivity contribution >= 4 is 21.9 Å². The molecule has 0 amide bonds. The Bertz CT molecular complexity index is 433. The second kappa shape index (κ2) is 7.25. The highest BCUT2D eigenvalue weighted by atomic mass is 79.9. The number of anilines is 1. The highest BCUT2D eigenvalue weighted by Crippen LogP contribution is 2.27. The van der Waals surface area contributed by atoms with Crippen LogP contribution in [0.5, 0.6) is 5.88 Å². The van der Waals surface area contributed by atoms with Gasteiger partial charge in [-0.05, 0) is 33.6 Å². The molecule has 1 heterocycles. The molecule has 0 radical (unpaired) electrons. The summed E-state index contributed by atoms with van der Waals surface area (Å²) in [6.07, 6.45) is 5.23. The van der Waals surface area contributed by atoms with Gasteiger partial charge in [-0.2, -0.15) is 4.98 Å². The number of aromatic nitrogens is 2. The molecule has 1 aromatic heterocycles. The fraction of sp³-hybridized carbons (Fsp3) is 0.733. The van der Waals surface area contributed by atoms with Crippen LogP contribution >= 0.6 is 15.9 Å². The van der Waals surface area contributed by atoms with Gasteiger partial charge in [-0.1, -0.05) is 28.8 Å². The van der Waals surface area contributed by atoms with Gasteiger partial charge in [-0.25, -0.2) is 4.98 Å². The van der Waals surface area contributed by atoms with Gasteiger partial charge in [0.1, 0.15) is 0 Å². The van der Waals surface area contributed by atoms with Crippen LogP contribution in [0.25, 0.3) is 0 Å². The van der Waals surface area contributed by atoms with Crippen LogP contribution in [-0.2, 0) is 0 Å². The minimum Gasteiger partial charge on any atom is -0.475 e. The fourth-order valence-corrected chi connectivity index (χ4v) is 3.09. The summed E-state index contributed by atoms with van der Waals surface area (Å²) in [6.45, 7) is 6.98. The first-order valence-corrected chi connectivity index (χ1v) is 8.57. The molecule has 0 unspecified atom stereocenters. The van der Waals surface area contributed by atoms with Gasteiger partial charge in [-0.15, -0.1) is 0 Å². The van der Waals surface area contributed by atoms with Crippen LogP contribution in [0.4, 0.5) is 5.95 Å². The summed E-state index contributed by atoms with van der Waals surface area (Å²) in [5.41, 5.74) is 0.961. The monoisotopic (exact) mass is 341 g/mol. The molecule has 0 spiro atoms. The molecule has 1 saturated carbocycles. The van der Waals surface area contributed by atoms with Crippen molar-refractivity contribution in [2.45, 2.75) is 58.6 Å². The molecular formula is C15H24BrN3O. The molecule has 5 heteroatoms. The summed E-state index contributed by atoms with van der Waals surface area (Å²) in [5.74, 6) is 1.49. The number of alkyl halides is 1. The second-order valence-electron chi connectivity index (χ2n) is 5.63. The van der Waals surface area contributed by atoms with Crippen molar-refractivity contribution < 1.29 is 4.74 Å². The first-order chi connectivity index (χ1) is 9.60. The van der Waals surface area contributed by atoms with E-state index in [0.29, 0.717) is 11.9 Å². The minimum atomic E-state index is 0.133. The largest absolute Gasteiger partial charge is 0.475 e. The average molecular weight is 342 g/mol. The molecular weight excluding hydrogens is 318 g/mol. The Labute approximate surface area is 130 Å². The van der Waals surface area contributed by atoms with Gasteiger partial charge >= 0.3 is 0 Å². The summed E-state index contributed by atoms with van der Waals surface area (Å²) in [7, 11) is 0. The van der Waals surface area contributed by atoms with Gasteiger partial charge < -0.3 is 9.64 Å². The Morgan fingerprint density at radius 3 is 2.65 bits per heavy atom. The molecule has 20 heavy (non-hydrogen) atoms. The fourth-order valence-electron chi connectivity index (χ4n) is 2.71. The molecule has 0 bridgehead atoms. The van der Waals surface area contributed by atoms with Crippen LogP contribution in [0.2, 0.25) is 0 Å². The lowest BCUT2D eigenvalue weighted by molar-refractivity contribution is 0.232. The van der Waals surface area contributed by atoms with E-state index in [0.717, 1.165) is 23.5 Å². The van der Waals surface area contributed by atoms with E-state index in [2.05, 4.69) is 30.8 Å². The SMILES string of the molecule is Cc1cc(OC(C)C)nc(N(CCBr)C2CCCC2)n1. The zero-order valence-electron chi connectivity index (χ0n) is 12.6. The third-order valence-electron chi connectivity index (χ3n) is 3.52. The van der Waals surface area contributed by atoms with Gasteiger partial charge in [0.2, 0.25) is 11.8 Å². The van der Waals surface area contributed by atoms with E-state index < -0.39 is 0 Å². The third-order valence-corrected chi connectivity index (χ3v) is 3.88. The van der Waals surface area contributed by atoms with Crippen molar-refractivity contribution in [2.24, 2.45) is 0 Å². The van der Waals surface area contributed by atoms with Crippen molar-refractivity contribution in [1.29, 1.82) is 0 Å². The lowest BCUT2D eigenvalue weighted by Crippen LogP contribution is -2.36. The van der Waals surface area contributed by atoms with E-state index in [1.807, 2.05) is 26.8 Å². The van der Waals surface area contributed by atoms with Gasteiger partial charge in [0.15, 0.2) is 0 Å². The van der Waals surface area contributed by atoms with E-state index in [4.69, 9.17) is 4.74 Å². The maximum absolute atomic E-state index is 5.74. The lowest BCUT2D eigenvalue weighted by Gasteiger charge is -2.28. The molecule has 1 fully saturated rings. The Morgan fingerprint density at radius 2 is 2.05 bits per heavy atom. The molecule has 1 aliphatic rings. The average Bonchev–Trinajstić information content (AvgIpc) is 2.87. The van der Waals surface area contributed by atoms with Crippen LogP contribution in [0, 0.1) is 6.92 Å². The molecule has 1 aliphatic carbocycles. The minimum absolute atomic E-state index is 0.133. The van der Waals surface area contributed by atoms with Crippen LogP contribution in [0.3, 0.4) is 0 Å². The van der Waals surface area contributed by atoms with Crippen molar-refractivity contribution in [2.75, 3.05) is 16.8 Å². The van der Waals surface area contributed by atoms with Crippen molar-refractivity contribution in [3.05, 3.63) is 11.8 Å². The quantitative estimate of drug-likeness (QED) is 0.739. The zero-order valence-corrected chi connectivity index (χ0v) is 14.2. The molecule has 112 valence electrons. The molecule has 0 saturated heterocycles. The van der Waals surface area contributed by atoms with Gasteiger partial charge in [-0.3, -0.25) is 0 Å². The van der Waals surface area contributed by atoms with E-state index in [1.165, 1.54) is 25.7 Å². The summed E-state index contributed by atoms with van der Waals surface area (Å²) >= 11 is 3.54. The summed E-state index contributed by atoms with van der Waals surface area (Å²) in [6, 6.07) is 2.48. The van der Waals surface area contributed by atoms with E-state index in [-0.39, 0.29) is 6.10 Å². The molecule has 1 aromatic rings. The van der Waals surface area contributed by atoms with Crippen LogP contribution < -0.4 is 9.64 Å².